The number of nitriles is 2. The summed E-state index contributed by atoms with van der Waals surface area (Å²) in [7, 11) is 0. The number of benzene rings is 2. The molecule has 0 aliphatic heterocycles. The summed E-state index contributed by atoms with van der Waals surface area (Å²) in [6, 6.07) is 15.4. The quantitative estimate of drug-likeness (QED) is 0.697. The topological polar surface area (TPSA) is 89.6 Å². The van der Waals surface area contributed by atoms with Crippen LogP contribution in [0.2, 0.25) is 5.02 Å². The molecule has 1 aromatic heterocycles. The van der Waals surface area contributed by atoms with Crippen LogP contribution in [-0.4, -0.2) is 10.9 Å². The van der Waals surface area contributed by atoms with Crippen molar-refractivity contribution < 1.29 is 4.79 Å². The fraction of sp³-hybridized carbons (Fsp3) is 0.182. The van der Waals surface area contributed by atoms with Crippen LogP contribution in [0.25, 0.3) is 21.9 Å². The van der Waals surface area contributed by atoms with Crippen molar-refractivity contribution in [2.24, 2.45) is 11.8 Å². The first-order chi connectivity index (χ1) is 13.5. The Bertz CT molecular complexity index is 1210. The van der Waals surface area contributed by atoms with Gasteiger partial charge in [0.05, 0.1) is 34.6 Å². The maximum Gasteiger partial charge on any atom is 0.230 e. The first-order valence-corrected chi connectivity index (χ1v) is 9.19. The van der Waals surface area contributed by atoms with Gasteiger partial charge in [-0.3, -0.25) is 4.79 Å². The number of rotatable bonds is 3. The maximum absolute atomic E-state index is 12.2. The zero-order valence-electron chi connectivity index (χ0n) is 15.0. The highest BCUT2D eigenvalue weighted by Crippen LogP contribution is 2.39. The van der Waals surface area contributed by atoms with Crippen molar-refractivity contribution in [1.82, 2.24) is 4.98 Å². The van der Waals surface area contributed by atoms with Gasteiger partial charge in [-0.05, 0) is 65.8 Å². The number of carbonyl (C=O) groups is 1. The molecule has 2 atom stereocenters. The van der Waals surface area contributed by atoms with E-state index in [0.717, 1.165) is 27.5 Å². The van der Waals surface area contributed by atoms with E-state index < -0.39 is 0 Å². The minimum Gasteiger partial charge on any atom is -0.310 e. The molecule has 0 saturated heterocycles. The molecular formula is C22H15ClN4O. The van der Waals surface area contributed by atoms with Crippen LogP contribution in [0.4, 0.5) is 5.82 Å². The Labute approximate surface area is 167 Å². The number of hydrogen-bond donors (Lipinski definition) is 1. The van der Waals surface area contributed by atoms with E-state index in [1.165, 1.54) is 0 Å². The van der Waals surface area contributed by atoms with E-state index in [4.69, 9.17) is 22.1 Å². The summed E-state index contributed by atoms with van der Waals surface area (Å²) in [6.07, 6.45) is 2.24. The molecule has 1 N–H and O–H groups in total. The number of carbonyl (C=O) groups excluding carboxylic acids is 1. The first kappa shape index (κ1) is 18.0. The van der Waals surface area contributed by atoms with Crippen LogP contribution in [0.3, 0.4) is 0 Å². The third kappa shape index (κ3) is 3.29. The van der Waals surface area contributed by atoms with Crippen molar-refractivity contribution in [3.63, 3.8) is 0 Å². The van der Waals surface area contributed by atoms with E-state index in [1.807, 2.05) is 31.2 Å². The number of amides is 1. The summed E-state index contributed by atoms with van der Waals surface area (Å²) in [5.41, 5.74) is 3.50. The van der Waals surface area contributed by atoms with Crippen molar-refractivity contribution in [2.45, 2.75) is 13.3 Å². The number of halogens is 1. The van der Waals surface area contributed by atoms with E-state index >= 15 is 0 Å². The summed E-state index contributed by atoms with van der Waals surface area (Å²) in [5, 5.41) is 22.9. The number of aryl methyl sites for hydroxylation is 1. The summed E-state index contributed by atoms with van der Waals surface area (Å²) in [4.78, 5) is 16.5. The molecule has 1 saturated carbocycles. The number of aromatic nitrogens is 1. The van der Waals surface area contributed by atoms with Gasteiger partial charge in [0.25, 0.3) is 0 Å². The fourth-order valence-corrected chi connectivity index (χ4v) is 3.62. The molecule has 2 aromatic carbocycles. The number of anilines is 1. The van der Waals surface area contributed by atoms with Gasteiger partial charge in [0.1, 0.15) is 5.82 Å². The van der Waals surface area contributed by atoms with Gasteiger partial charge in [-0.25, -0.2) is 4.98 Å². The van der Waals surface area contributed by atoms with Crippen molar-refractivity contribution >= 4 is 34.1 Å². The Morgan fingerprint density at radius 2 is 2.07 bits per heavy atom. The summed E-state index contributed by atoms with van der Waals surface area (Å²) in [5.74, 6) is -0.186. The molecule has 0 bridgehead atoms. The van der Waals surface area contributed by atoms with Gasteiger partial charge in [0.2, 0.25) is 5.91 Å². The van der Waals surface area contributed by atoms with Crippen LogP contribution in [0.15, 0.2) is 42.6 Å². The monoisotopic (exact) mass is 386 g/mol. The molecule has 4 rings (SSSR count). The molecule has 6 heteroatoms. The highest BCUT2D eigenvalue weighted by molar-refractivity contribution is 6.36. The molecule has 5 nitrogen and oxygen atoms in total. The SMILES string of the molecule is Cc1cc(C#N)ccc1-c1cc(Cl)c2cnc(NC(=O)[C@@H]3C[C@H]3C#N)cc2c1. The molecule has 0 unspecified atom stereocenters. The molecule has 1 heterocycles. The Balaban J connectivity index is 1.70. The van der Waals surface area contributed by atoms with Crippen LogP contribution in [0.5, 0.6) is 0 Å². The van der Waals surface area contributed by atoms with E-state index in [-0.39, 0.29) is 17.7 Å². The second kappa shape index (κ2) is 6.96. The van der Waals surface area contributed by atoms with E-state index in [0.29, 0.717) is 22.8 Å². The third-order valence-corrected chi connectivity index (χ3v) is 5.31. The van der Waals surface area contributed by atoms with Crippen molar-refractivity contribution in [2.75, 3.05) is 5.32 Å². The second-order valence-electron chi connectivity index (χ2n) is 6.96. The normalized spacial score (nSPS) is 17.6. The zero-order chi connectivity index (χ0) is 19.8. The van der Waals surface area contributed by atoms with Crippen molar-refractivity contribution in [3.05, 3.63) is 58.7 Å². The van der Waals surface area contributed by atoms with E-state index in [2.05, 4.69) is 22.4 Å². The number of hydrogen-bond acceptors (Lipinski definition) is 4. The van der Waals surface area contributed by atoms with Crippen LogP contribution >= 0.6 is 11.6 Å². The maximum atomic E-state index is 12.2. The van der Waals surface area contributed by atoms with Crippen LogP contribution < -0.4 is 5.32 Å². The molecule has 1 aliphatic carbocycles. The minimum atomic E-state index is -0.251. The number of fused-ring (bicyclic) bond motifs is 1. The van der Waals surface area contributed by atoms with Gasteiger partial charge < -0.3 is 5.32 Å². The van der Waals surface area contributed by atoms with E-state index in [1.54, 1.807) is 18.3 Å². The Hall–Kier alpha value is -3.41. The lowest BCUT2D eigenvalue weighted by molar-refractivity contribution is -0.117. The van der Waals surface area contributed by atoms with Gasteiger partial charge in [0, 0.05) is 11.6 Å². The smallest absolute Gasteiger partial charge is 0.230 e. The predicted molar refractivity (Wildman–Crippen MR) is 107 cm³/mol. The molecule has 1 aliphatic rings. The van der Waals surface area contributed by atoms with Gasteiger partial charge in [-0.2, -0.15) is 10.5 Å². The highest BCUT2D eigenvalue weighted by atomic mass is 35.5. The molecule has 0 radical (unpaired) electrons. The summed E-state index contributed by atoms with van der Waals surface area (Å²) in [6.45, 7) is 1.95. The Kier molecular flexibility index (Phi) is 4.47. The lowest BCUT2D eigenvalue weighted by Gasteiger charge is -2.11. The molecule has 28 heavy (non-hydrogen) atoms. The molecule has 1 amide bonds. The minimum absolute atomic E-state index is 0.177. The van der Waals surface area contributed by atoms with Gasteiger partial charge >= 0.3 is 0 Å². The molecule has 3 aromatic rings. The fourth-order valence-electron chi connectivity index (χ4n) is 3.34. The van der Waals surface area contributed by atoms with Crippen LogP contribution in [0, 0.1) is 41.4 Å². The van der Waals surface area contributed by atoms with Crippen LogP contribution in [0.1, 0.15) is 17.5 Å². The molecular weight excluding hydrogens is 372 g/mol. The lowest BCUT2D eigenvalue weighted by Crippen LogP contribution is -2.15. The molecule has 1 fully saturated rings. The average molecular weight is 387 g/mol. The van der Waals surface area contributed by atoms with Gasteiger partial charge in [-0.1, -0.05) is 17.7 Å². The third-order valence-electron chi connectivity index (χ3n) is 5.00. The Morgan fingerprint density at radius 1 is 1.25 bits per heavy atom. The van der Waals surface area contributed by atoms with Gasteiger partial charge in [0.15, 0.2) is 0 Å². The van der Waals surface area contributed by atoms with Gasteiger partial charge in [-0.15, -0.1) is 0 Å². The lowest BCUT2D eigenvalue weighted by atomic mass is 9.97. The predicted octanol–water partition coefficient (Wildman–Crippen LogP) is 4.83. The largest absolute Gasteiger partial charge is 0.310 e. The number of nitrogens with zero attached hydrogens (tertiary/aromatic N) is 3. The molecule has 0 spiro atoms. The summed E-state index contributed by atoms with van der Waals surface area (Å²) < 4.78 is 0. The van der Waals surface area contributed by atoms with Crippen molar-refractivity contribution in [3.8, 4) is 23.3 Å². The first-order valence-electron chi connectivity index (χ1n) is 8.81. The van der Waals surface area contributed by atoms with Crippen molar-refractivity contribution in [1.29, 1.82) is 10.5 Å². The number of pyridine rings is 1. The highest BCUT2D eigenvalue weighted by Gasteiger charge is 2.43. The zero-order valence-corrected chi connectivity index (χ0v) is 15.8. The van der Waals surface area contributed by atoms with Crippen LogP contribution in [-0.2, 0) is 4.79 Å². The van der Waals surface area contributed by atoms with E-state index in [9.17, 15) is 4.79 Å². The Morgan fingerprint density at radius 3 is 2.75 bits per heavy atom. The summed E-state index contributed by atoms with van der Waals surface area (Å²) >= 11 is 6.46. The average Bonchev–Trinajstić information content (AvgIpc) is 3.47. The molecule has 136 valence electrons. The standard InChI is InChI=1S/C22H15ClN4O/c1-12-4-13(9-24)2-3-17(12)14-5-15-8-21(26-11-19(15)20(23)7-14)27-22(28)18-6-16(18)10-25/h2-5,7-8,11,16,18H,6H2,1H3,(H,26,27,28)/t16-,18+/m0/s1. The number of nitrogens with one attached hydrogen (secondary N) is 1. The second-order valence-corrected chi connectivity index (χ2v) is 7.36.